The quantitative estimate of drug-likeness (QED) is 0.0365. The molecule has 12 aromatic rings. The maximum Gasteiger partial charge on any atom is 0.229 e. The molecule has 12 heterocycles. The number of aromatic nitrogens is 15. The predicted octanol–water partition coefficient (Wildman–Crippen LogP) is 17.1. The van der Waals surface area contributed by atoms with E-state index in [4.69, 9.17) is 0 Å². The molecule has 9 aromatic heterocycles. The molecule has 4 unspecified atom stereocenters. The summed E-state index contributed by atoms with van der Waals surface area (Å²) in [6, 6.07) is 19.5. The van der Waals surface area contributed by atoms with E-state index < -0.39 is 53.2 Å². The highest BCUT2D eigenvalue weighted by Crippen LogP contribution is 2.38. The molecule has 0 fully saturated rings. The molecule has 6 atom stereocenters. The van der Waals surface area contributed by atoms with E-state index in [1.165, 1.54) is 18.2 Å². The highest BCUT2D eigenvalue weighted by Gasteiger charge is 2.28. The third-order valence-corrected chi connectivity index (χ3v) is 20.8. The molecule has 6 N–H and O–H groups in total. The summed E-state index contributed by atoms with van der Waals surface area (Å²) in [5, 5.41) is 41.3. The first-order valence-electron chi connectivity index (χ1n) is 38.4. The third-order valence-electron chi connectivity index (χ3n) is 20.8. The number of pyridine rings is 3. The first kappa shape index (κ1) is 80.3. The van der Waals surface area contributed by atoms with Crippen LogP contribution in [0.1, 0.15) is 152 Å². The van der Waals surface area contributed by atoms with E-state index in [0.29, 0.717) is 68.2 Å². The van der Waals surface area contributed by atoms with Crippen molar-refractivity contribution >= 4 is 68.4 Å². The van der Waals surface area contributed by atoms with Crippen molar-refractivity contribution in [1.82, 2.24) is 88.2 Å². The maximum atomic E-state index is 14.9. The van der Waals surface area contributed by atoms with Crippen LogP contribution >= 0.6 is 0 Å². The standard InChI is InChI=1S/3C28H31F2N7O/c3*1-5-36-10-8-18(9-11-36)27(38)19-6-7-24(31-14-19)34-28-32-15-22(30)25(35-28)20-12-21(29)26-23(13-20)37(16(2)3)17(4)33-26/h3*6-8,10,12-16,18,27,38H,5,9,11H2,1-4H3,(H,31,32,34,35)/t2*18?,27-;/m10./s1. The summed E-state index contributed by atoms with van der Waals surface area (Å²) in [6.07, 6.45) is 20.8. The molecule has 24 nitrogen and oxygen atoms in total. The van der Waals surface area contributed by atoms with Gasteiger partial charge in [-0.15, -0.1) is 0 Å². The van der Waals surface area contributed by atoms with Gasteiger partial charge in [0.05, 0.1) is 53.5 Å². The number of nitrogens with zero attached hydrogens (tertiary/aromatic N) is 18. The number of anilines is 6. The van der Waals surface area contributed by atoms with Crippen LogP contribution in [0.5, 0.6) is 0 Å². The number of rotatable bonds is 21. The molecular formula is C84H93F6N21O3. The minimum absolute atomic E-state index is 0.0231. The summed E-state index contributed by atoms with van der Waals surface area (Å²) in [7, 11) is 0. The molecule has 0 saturated heterocycles. The Hall–Kier alpha value is -11.8. The van der Waals surface area contributed by atoms with Gasteiger partial charge in [0.1, 0.15) is 68.6 Å². The number of aryl methyl sites for hydroxylation is 3. The van der Waals surface area contributed by atoms with Gasteiger partial charge < -0.3 is 59.7 Å². The summed E-state index contributed by atoms with van der Waals surface area (Å²) in [5.74, 6) is 0.121. The minimum atomic E-state index is -0.671. The number of nitrogens with one attached hydrogen (secondary N) is 3. The summed E-state index contributed by atoms with van der Waals surface area (Å²) < 4.78 is 95.0. The molecule has 0 radical (unpaired) electrons. The lowest BCUT2D eigenvalue weighted by Gasteiger charge is -2.29. The monoisotopic (exact) mass is 1560 g/mol. The van der Waals surface area contributed by atoms with E-state index >= 15 is 0 Å². The van der Waals surface area contributed by atoms with Crippen molar-refractivity contribution in [2.45, 2.75) is 139 Å². The fourth-order valence-electron chi connectivity index (χ4n) is 14.8. The molecule has 3 aromatic carbocycles. The average Bonchev–Trinajstić information content (AvgIpc) is 1.59. The second kappa shape index (κ2) is 34.7. The van der Waals surface area contributed by atoms with Crippen molar-refractivity contribution in [3.63, 3.8) is 0 Å². The Kier molecular flexibility index (Phi) is 24.4. The van der Waals surface area contributed by atoms with Crippen LogP contribution in [0, 0.1) is 73.4 Å². The number of aliphatic hydroxyl groups excluding tert-OH is 3. The van der Waals surface area contributed by atoms with Crippen molar-refractivity contribution in [3.05, 3.63) is 216 Å². The van der Waals surface area contributed by atoms with Crippen LogP contribution in [0.25, 0.3) is 66.9 Å². The van der Waals surface area contributed by atoms with Gasteiger partial charge in [0.15, 0.2) is 34.9 Å². The van der Waals surface area contributed by atoms with Gasteiger partial charge in [-0.25, -0.2) is 86.2 Å². The highest BCUT2D eigenvalue weighted by molar-refractivity contribution is 5.85. The molecule has 3 aliphatic rings. The Balaban J connectivity index is 0.000000149. The first-order chi connectivity index (χ1) is 54.7. The summed E-state index contributed by atoms with van der Waals surface area (Å²) in [5.41, 5.74) is 5.32. The Morgan fingerprint density at radius 1 is 0.368 bits per heavy atom. The number of imidazole rings is 3. The number of hydrogen-bond donors (Lipinski definition) is 6. The SMILES string of the molecule is CCN1C=CC(C(O)c2ccc(Nc3ncc(F)c(-c4cc(F)c5nc(C)n(C(C)C)c5c4)n3)nc2)CC1.CCN1C=CC([C@@H](O)c2ccc(Nc3ncc(F)c(-c4cc(F)c5nc(C)n(C(C)C)c5c4)n3)nc2)CC1.CCN1C=CC([C@H](O)c2ccc(Nc3ncc(F)c(-c4cc(F)c5nc(C)n(C(C)C)c5c4)n3)nc2)CC1. The fraction of sp³-hybridized carbons (Fsp3) is 0.357. The van der Waals surface area contributed by atoms with Crippen molar-refractivity contribution in [1.29, 1.82) is 0 Å². The topological polar surface area (TPSA) is 276 Å². The first-order valence-corrected chi connectivity index (χ1v) is 38.4. The molecule has 3 aliphatic heterocycles. The van der Waals surface area contributed by atoms with Crippen LogP contribution in [0.2, 0.25) is 0 Å². The van der Waals surface area contributed by atoms with E-state index in [1.54, 1.807) is 73.2 Å². The van der Waals surface area contributed by atoms with Gasteiger partial charge in [-0.2, -0.15) is 0 Å². The van der Waals surface area contributed by atoms with Crippen LogP contribution < -0.4 is 16.0 Å². The van der Waals surface area contributed by atoms with Crippen LogP contribution in [-0.2, 0) is 0 Å². The van der Waals surface area contributed by atoms with E-state index in [2.05, 4.69) is 111 Å². The molecule has 0 amide bonds. The maximum absolute atomic E-state index is 14.9. The van der Waals surface area contributed by atoms with Gasteiger partial charge in [-0.1, -0.05) is 36.4 Å². The molecule has 0 spiro atoms. The lowest BCUT2D eigenvalue weighted by atomic mass is 9.92. The summed E-state index contributed by atoms with van der Waals surface area (Å²) in [4.78, 5) is 57.8. The van der Waals surface area contributed by atoms with Crippen LogP contribution in [0.15, 0.2) is 147 Å². The minimum Gasteiger partial charge on any atom is -0.388 e. The van der Waals surface area contributed by atoms with Gasteiger partial charge in [0.25, 0.3) is 0 Å². The smallest absolute Gasteiger partial charge is 0.229 e. The Morgan fingerprint density at radius 3 is 0.860 bits per heavy atom. The van der Waals surface area contributed by atoms with Crippen LogP contribution in [-0.4, -0.2) is 143 Å². The second-order valence-corrected chi connectivity index (χ2v) is 29.4. The normalized spacial score (nSPS) is 16.4. The van der Waals surface area contributed by atoms with E-state index in [-0.39, 0.29) is 104 Å². The van der Waals surface area contributed by atoms with Crippen molar-refractivity contribution < 1.29 is 41.7 Å². The Morgan fingerprint density at radius 2 is 0.640 bits per heavy atom. The van der Waals surface area contributed by atoms with Crippen LogP contribution in [0.4, 0.5) is 61.6 Å². The fourth-order valence-corrected chi connectivity index (χ4v) is 14.8. The number of fused-ring (bicyclic) bond motifs is 3. The molecular weight excluding hydrogens is 1470 g/mol. The van der Waals surface area contributed by atoms with E-state index in [1.807, 2.05) is 113 Å². The Labute approximate surface area is 656 Å². The van der Waals surface area contributed by atoms with E-state index in [0.717, 1.165) is 77.1 Å². The van der Waals surface area contributed by atoms with Crippen molar-refractivity contribution in [3.8, 4) is 33.8 Å². The van der Waals surface area contributed by atoms with Crippen molar-refractivity contribution in [2.75, 3.05) is 55.2 Å². The van der Waals surface area contributed by atoms with Crippen LogP contribution in [0.3, 0.4) is 0 Å². The number of benzene rings is 3. The number of aliphatic hydroxyl groups is 3. The summed E-state index contributed by atoms with van der Waals surface area (Å²) >= 11 is 0. The zero-order valence-electron chi connectivity index (χ0n) is 65.6. The summed E-state index contributed by atoms with van der Waals surface area (Å²) in [6.45, 7) is 29.2. The molecule has 0 aliphatic carbocycles. The molecule has 0 bridgehead atoms. The Bertz CT molecular complexity index is 4980. The number of halogens is 6. The largest absolute Gasteiger partial charge is 0.388 e. The zero-order chi connectivity index (χ0) is 80.9. The van der Waals surface area contributed by atoms with Crippen molar-refractivity contribution in [2.24, 2.45) is 17.8 Å². The van der Waals surface area contributed by atoms with Gasteiger partial charge in [-0.3, -0.25) is 0 Å². The van der Waals surface area contributed by atoms with Gasteiger partial charge in [0, 0.05) is 110 Å². The molecule has 114 heavy (non-hydrogen) atoms. The zero-order valence-corrected chi connectivity index (χ0v) is 65.6. The molecule has 30 heteroatoms. The van der Waals surface area contributed by atoms with Gasteiger partial charge in [0.2, 0.25) is 17.8 Å². The number of hydrogen-bond acceptors (Lipinski definition) is 21. The highest BCUT2D eigenvalue weighted by atomic mass is 19.1. The third kappa shape index (κ3) is 17.5. The van der Waals surface area contributed by atoms with Gasteiger partial charge in [-0.05, 0) is 192 Å². The van der Waals surface area contributed by atoms with E-state index in [9.17, 15) is 41.7 Å². The van der Waals surface area contributed by atoms with Gasteiger partial charge >= 0.3 is 0 Å². The molecule has 0 saturated carbocycles. The second-order valence-electron chi connectivity index (χ2n) is 29.4. The lowest BCUT2D eigenvalue weighted by Crippen LogP contribution is -2.26. The molecule has 594 valence electrons. The molecule has 15 rings (SSSR count). The predicted molar refractivity (Wildman–Crippen MR) is 428 cm³/mol. The lowest BCUT2D eigenvalue weighted by molar-refractivity contribution is 0.115. The average molecular weight is 1560 g/mol.